The number of hydrogen-bond acceptors (Lipinski definition) is 3. The maximum Gasteiger partial charge on any atom is 0.254 e. The third kappa shape index (κ3) is 4.13. The molecule has 0 bridgehead atoms. The van der Waals surface area contributed by atoms with Gasteiger partial charge in [0, 0.05) is 38.8 Å². The molecule has 1 N–H and O–H groups in total. The van der Waals surface area contributed by atoms with Gasteiger partial charge in [-0.25, -0.2) is 5.43 Å². The van der Waals surface area contributed by atoms with Gasteiger partial charge in [-0.1, -0.05) is 47.5 Å². The maximum absolute atomic E-state index is 11.4. The van der Waals surface area contributed by atoms with E-state index in [0.717, 1.165) is 27.7 Å². The monoisotopic (exact) mass is 398 g/mol. The lowest BCUT2D eigenvalue weighted by molar-refractivity contribution is -0.120. The lowest BCUT2D eigenvalue weighted by atomic mass is 10.1. The van der Waals surface area contributed by atoms with Crippen LogP contribution in [0.15, 0.2) is 47.6 Å². The number of carbonyl (C=O) groups excluding carboxylic acids is 1. The van der Waals surface area contributed by atoms with Gasteiger partial charge in [-0.15, -0.1) is 0 Å². The first-order chi connectivity index (χ1) is 13.0. The van der Waals surface area contributed by atoms with Gasteiger partial charge >= 0.3 is 0 Å². The first kappa shape index (κ1) is 19.0. The standard InChI is InChI=1S/C20H16Cl2N4O/c1-13-17(11-24-25-20(27)8-9-23)16-4-2-3-5-19(16)26(13)12-14-6-7-15(21)10-18(14)22/h2-7,10-11H,8,12H2,1H3,(H,25,27)/b24-11+. The number of halogens is 2. The maximum atomic E-state index is 11.4. The van der Waals surface area contributed by atoms with Crippen molar-refractivity contribution in [3.05, 3.63) is 69.3 Å². The van der Waals surface area contributed by atoms with Gasteiger partial charge in [0.15, 0.2) is 0 Å². The van der Waals surface area contributed by atoms with Crippen molar-refractivity contribution in [1.29, 1.82) is 5.26 Å². The van der Waals surface area contributed by atoms with Crippen LogP contribution in [0, 0.1) is 18.3 Å². The smallest absolute Gasteiger partial charge is 0.254 e. The van der Waals surface area contributed by atoms with Gasteiger partial charge in [-0.2, -0.15) is 10.4 Å². The van der Waals surface area contributed by atoms with Crippen molar-refractivity contribution in [2.45, 2.75) is 19.9 Å². The van der Waals surface area contributed by atoms with Crippen LogP contribution in [0.1, 0.15) is 23.2 Å². The van der Waals surface area contributed by atoms with Crippen molar-refractivity contribution in [2.75, 3.05) is 0 Å². The average Bonchev–Trinajstić information content (AvgIpc) is 2.90. The minimum absolute atomic E-state index is 0.229. The molecule has 27 heavy (non-hydrogen) atoms. The molecule has 3 aromatic rings. The summed E-state index contributed by atoms with van der Waals surface area (Å²) < 4.78 is 2.14. The summed E-state index contributed by atoms with van der Waals surface area (Å²) >= 11 is 12.3. The normalized spacial score (nSPS) is 11.0. The number of nitrogens with zero attached hydrogens (tertiary/aromatic N) is 3. The van der Waals surface area contributed by atoms with Crippen LogP contribution in [0.2, 0.25) is 10.0 Å². The van der Waals surface area contributed by atoms with E-state index in [4.69, 9.17) is 28.5 Å². The summed E-state index contributed by atoms with van der Waals surface area (Å²) in [5.41, 5.74) is 6.23. The van der Waals surface area contributed by atoms with Crippen molar-refractivity contribution in [3.8, 4) is 6.07 Å². The van der Waals surface area contributed by atoms with Crippen molar-refractivity contribution >= 4 is 46.2 Å². The summed E-state index contributed by atoms with van der Waals surface area (Å²) in [6, 6.07) is 15.2. The molecule has 0 radical (unpaired) electrons. The summed E-state index contributed by atoms with van der Waals surface area (Å²) in [5, 5.41) is 14.7. The molecule has 1 amide bonds. The Balaban J connectivity index is 1.99. The van der Waals surface area contributed by atoms with E-state index in [1.165, 1.54) is 0 Å². The predicted molar refractivity (Wildman–Crippen MR) is 108 cm³/mol. The Hall–Kier alpha value is -2.81. The molecule has 0 aliphatic rings. The summed E-state index contributed by atoms with van der Waals surface area (Å²) in [5.74, 6) is -0.442. The van der Waals surface area contributed by atoms with Gasteiger partial charge in [0.1, 0.15) is 6.42 Å². The number of rotatable bonds is 5. The minimum atomic E-state index is -0.442. The highest BCUT2D eigenvalue weighted by molar-refractivity contribution is 6.35. The van der Waals surface area contributed by atoms with Crippen LogP contribution in [0.25, 0.3) is 10.9 Å². The van der Waals surface area contributed by atoms with Crippen LogP contribution >= 0.6 is 23.2 Å². The number of nitriles is 1. The van der Waals surface area contributed by atoms with Gasteiger partial charge in [0.2, 0.25) is 0 Å². The number of aromatic nitrogens is 1. The highest BCUT2D eigenvalue weighted by atomic mass is 35.5. The lowest BCUT2D eigenvalue weighted by Gasteiger charge is -2.10. The summed E-state index contributed by atoms with van der Waals surface area (Å²) in [7, 11) is 0. The second-order valence-electron chi connectivity index (χ2n) is 5.97. The number of hydrazone groups is 1. The van der Waals surface area contributed by atoms with Crippen molar-refractivity contribution in [3.63, 3.8) is 0 Å². The van der Waals surface area contributed by atoms with Crippen LogP contribution in [-0.2, 0) is 11.3 Å². The van der Waals surface area contributed by atoms with E-state index in [0.29, 0.717) is 16.6 Å². The van der Waals surface area contributed by atoms with Crippen LogP contribution in [-0.4, -0.2) is 16.7 Å². The molecule has 1 heterocycles. The van der Waals surface area contributed by atoms with E-state index >= 15 is 0 Å². The highest BCUT2D eigenvalue weighted by Gasteiger charge is 2.14. The third-order valence-corrected chi connectivity index (χ3v) is 4.83. The van der Waals surface area contributed by atoms with Crippen LogP contribution < -0.4 is 5.43 Å². The topological polar surface area (TPSA) is 70.2 Å². The fraction of sp³-hybridized carbons (Fsp3) is 0.150. The molecule has 0 spiro atoms. The van der Waals surface area contributed by atoms with E-state index < -0.39 is 5.91 Å². The third-order valence-electron chi connectivity index (χ3n) is 4.25. The molecule has 5 nitrogen and oxygen atoms in total. The Bertz CT molecular complexity index is 1080. The fourth-order valence-corrected chi connectivity index (χ4v) is 3.39. The van der Waals surface area contributed by atoms with Crippen LogP contribution in [0.3, 0.4) is 0 Å². The molecule has 0 saturated heterocycles. The number of amides is 1. The molecule has 0 saturated carbocycles. The molecule has 3 rings (SSSR count). The Labute approximate surface area is 166 Å². The summed E-state index contributed by atoms with van der Waals surface area (Å²) in [4.78, 5) is 11.4. The number of carbonyl (C=O) groups is 1. The van der Waals surface area contributed by atoms with Crippen LogP contribution in [0.4, 0.5) is 0 Å². The number of fused-ring (bicyclic) bond motifs is 1. The van der Waals surface area contributed by atoms with E-state index in [1.54, 1.807) is 18.4 Å². The molecule has 2 aromatic carbocycles. The number of hydrogen-bond donors (Lipinski definition) is 1. The Kier molecular flexibility index (Phi) is 5.80. The number of para-hydroxylation sites is 1. The van der Waals surface area contributed by atoms with Gasteiger partial charge in [-0.3, -0.25) is 4.79 Å². The quantitative estimate of drug-likeness (QED) is 0.500. The fourth-order valence-electron chi connectivity index (χ4n) is 2.92. The first-order valence-corrected chi connectivity index (χ1v) is 8.97. The molecular weight excluding hydrogens is 383 g/mol. The zero-order valence-electron chi connectivity index (χ0n) is 14.5. The molecule has 1 aromatic heterocycles. The van der Waals surface area contributed by atoms with Gasteiger partial charge in [0.05, 0.1) is 12.3 Å². The zero-order valence-corrected chi connectivity index (χ0v) is 16.1. The van der Waals surface area contributed by atoms with E-state index in [-0.39, 0.29) is 6.42 Å². The number of nitrogens with one attached hydrogen (secondary N) is 1. The Morgan fingerprint density at radius 2 is 2.07 bits per heavy atom. The van der Waals surface area contributed by atoms with Crippen molar-refractivity contribution < 1.29 is 4.79 Å². The molecule has 0 atom stereocenters. The SMILES string of the molecule is Cc1c(/C=N/NC(=O)CC#N)c2ccccc2n1Cc1ccc(Cl)cc1Cl. The molecule has 0 unspecified atom stereocenters. The van der Waals surface area contributed by atoms with Crippen molar-refractivity contribution in [2.24, 2.45) is 5.10 Å². The Morgan fingerprint density at radius 3 is 2.81 bits per heavy atom. The molecule has 7 heteroatoms. The molecular formula is C20H16Cl2N4O. The van der Waals surface area contributed by atoms with Gasteiger partial charge in [0.25, 0.3) is 5.91 Å². The molecule has 0 aliphatic heterocycles. The number of benzene rings is 2. The summed E-state index contributed by atoms with van der Waals surface area (Å²) in [6.07, 6.45) is 1.38. The minimum Gasteiger partial charge on any atom is -0.340 e. The highest BCUT2D eigenvalue weighted by Crippen LogP contribution is 2.28. The first-order valence-electron chi connectivity index (χ1n) is 8.22. The molecule has 0 aliphatic carbocycles. The summed E-state index contributed by atoms with van der Waals surface area (Å²) in [6.45, 7) is 2.57. The van der Waals surface area contributed by atoms with E-state index in [2.05, 4.69) is 15.1 Å². The predicted octanol–water partition coefficient (Wildman–Crippen LogP) is 4.67. The second kappa shape index (κ2) is 8.26. The van der Waals surface area contributed by atoms with Crippen LogP contribution in [0.5, 0.6) is 0 Å². The van der Waals surface area contributed by atoms with Gasteiger partial charge < -0.3 is 4.57 Å². The lowest BCUT2D eigenvalue weighted by Crippen LogP contribution is -2.16. The van der Waals surface area contributed by atoms with E-state index in [9.17, 15) is 4.79 Å². The van der Waals surface area contributed by atoms with Gasteiger partial charge in [-0.05, 0) is 30.7 Å². The van der Waals surface area contributed by atoms with Crippen molar-refractivity contribution in [1.82, 2.24) is 9.99 Å². The average molecular weight is 399 g/mol. The largest absolute Gasteiger partial charge is 0.340 e. The molecule has 136 valence electrons. The Morgan fingerprint density at radius 1 is 1.30 bits per heavy atom. The zero-order chi connectivity index (χ0) is 19.4. The second-order valence-corrected chi connectivity index (χ2v) is 6.81. The molecule has 0 fully saturated rings. The van der Waals surface area contributed by atoms with E-state index in [1.807, 2.05) is 43.3 Å².